The Morgan fingerprint density at radius 1 is 1.13 bits per heavy atom. The zero-order chi connectivity index (χ0) is 26.8. The number of rotatable bonds is 8. The summed E-state index contributed by atoms with van der Waals surface area (Å²) in [5.41, 5.74) is 1.05. The first-order chi connectivity index (χ1) is 18.3. The lowest BCUT2D eigenvalue weighted by atomic mass is 10.2. The first-order valence-corrected chi connectivity index (χ1v) is 11.8. The van der Waals surface area contributed by atoms with E-state index in [0.717, 1.165) is 6.07 Å². The smallest absolute Gasteiger partial charge is 0.324 e. The number of nitro groups is 1. The molecule has 2 N–H and O–H groups in total. The molecule has 5 rings (SSSR count). The van der Waals surface area contributed by atoms with Gasteiger partial charge in [-0.15, -0.1) is 0 Å². The standard InChI is InChI=1S/C24H16F2N6O5S/c25-14-2-4-15(5-3-14)31-23-16(12-27-31)22(30-24(34)19-7-8-20(38-19)32(35)36)28-21(29-23)13-1-6-17(26)18(11-13)37-10-9-33/h1-8,11-12,33H,9-10H2,(H,28,29,30,34). The van der Waals surface area contributed by atoms with Crippen LogP contribution < -0.4 is 10.1 Å². The van der Waals surface area contributed by atoms with E-state index in [2.05, 4.69) is 20.4 Å². The highest BCUT2D eigenvalue weighted by Gasteiger charge is 2.21. The van der Waals surface area contributed by atoms with Gasteiger partial charge in [0.05, 0.1) is 33.7 Å². The monoisotopic (exact) mass is 538 g/mol. The van der Waals surface area contributed by atoms with Crippen LogP contribution >= 0.6 is 11.3 Å². The number of aliphatic hydroxyl groups is 1. The third kappa shape index (κ3) is 4.89. The van der Waals surface area contributed by atoms with Crippen molar-refractivity contribution in [2.24, 2.45) is 0 Å². The van der Waals surface area contributed by atoms with Crippen LogP contribution in [-0.2, 0) is 0 Å². The van der Waals surface area contributed by atoms with Gasteiger partial charge in [-0.05, 0) is 48.5 Å². The molecule has 0 unspecified atom stereocenters. The lowest BCUT2D eigenvalue weighted by Gasteiger charge is -2.11. The highest BCUT2D eigenvalue weighted by molar-refractivity contribution is 7.17. The van der Waals surface area contributed by atoms with Gasteiger partial charge in [0.15, 0.2) is 23.0 Å². The fraction of sp³-hybridized carbons (Fsp3) is 0.0833. The van der Waals surface area contributed by atoms with Crippen LogP contribution in [0.15, 0.2) is 60.8 Å². The number of fused-ring (bicyclic) bond motifs is 1. The van der Waals surface area contributed by atoms with Gasteiger partial charge in [0.1, 0.15) is 18.2 Å². The Balaban J connectivity index is 1.63. The van der Waals surface area contributed by atoms with Crippen molar-refractivity contribution < 1.29 is 28.3 Å². The third-order valence-electron chi connectivity index (χ3n) is 5.27. The molecule has 0 saturated heterocycles. The van der Waals surface area contributed by atoms with Crippen molar-refractivity contribution in [2.45, 2.75) is 0 Å². The van der Waals surface area contributed by atoms with E-state index in [-0.39, 0.29) is 46.1 Å². The fourth-order valence-corrected chi connectivity index (χ4v) is 4.25. The van der Waals surface area contributed by atoms with Gasteiger partial charge in [0.2, 0.25) is 0 Å². The molecular formula is C24H16F2N6O5S. The summed E-state index contributed by atoms with van der Waals surface area (Å²) in [7, 11) is 0. The molecule has 0 radical (unpaired) electrons. The second kappa shape index (κ2) is 10.3. The van der Waals surface area contributed by atoms with Gasteiger partial charge in [-0.3, -0.25) is 14.9 Å². The number of carbonyl (C=O) groups is 1. The highest BCUT2D eigenvalue weighted by atomic mass is 32.1. The van der Waals surface area contributed by atoms with Gasteiger partial charge in [-0.2, -0.15) is 5.10 Å². The van der Waals surface area contributed by atoms with Crippen molar-refractivity contribution >= 4 is 39.1 Å². The Kier molecular flexibility index (Phi) is 6.72. The number of hydrogen-bond donors (Lipinski definition) is 2. The fourth-order valence-electron chi connectivity index (χ4n) is 3.53. The van der Waals surface area contributed by atoms with Crippen LogP contribution in [0.25, 0.3) is 28.1 Å². The average molecular weight is 538 g/mol. The Morgan fingerprint density at radius 3 is 2.63 bits per heavy atom. The van der Waals surface area contributed by atoms with Crippen molar-refractivity contribution in [2.75, 3.05) is 18.5 Å². The van der Waals surface area contributed by atoms with E-state index < -0.39 is 22.5 Å². The summed E-state index contributed by atoms with van der Waals surface area (Å²) in [6, 6.07) is 11.9. The Bertz CT molecular complexity index is 1670. The number of aliphatic hydroxyl groups excluding tert-OH is 1. The Labute approximate surface area is 216 Å². The predicted molar refractivity (Wildman–Crippen MR) is 134 cm³/mol. The maximum absolute atomic E-state index is 14.2. The molecule has 38 heavy (non-hydrogen) atoms. The van der Waals surface area contributed by atoms with E-state index >= 15 is 0 Å². The van der Waals surface area contributed by atoms with Crippen LogP contribution in [0.5, 0.6) is 5.75 Å². The van der Waals surface area contributed by atoms with E-state index in [1.54, 1.807) is 0 Å². The quantitative estimate of drug-likeness (QED) is 0.219. The van der Waals surface area contributed by atoms with Gasteiger partial charge in [0, 0.05) is 11.6 Å². The molecule has 0 aliphatic carbocycles. The zero-order valence-electron chi connectivity index (χ0n) is 19.2. The van der Waals surface area contributed by atoms with Crippen molar-refractivity contribution in [1.29, 1.82) is 0 Å². The average Bonchev–Trinajstić information content (AvgIpc) is 3.57. The predicted octanol–water partition coefficient (Wildman–Crippen LogP) is 4.35. The Hall–Kier alpha value is -4.82. The molecule has 192 valence electrons. The van der Waals surface area contributed by atoms with Crippen LogP contribution in [0.4, 0.5) is 19.6 Å². The minimum atomic E-state index is -0.660. The molecule has 0 spiro atoms. The van der Waals surface area contributed by atoms with E-state index in [0.29, 0.717) is 28.0 Å². The molecule has 0 aliphatic rings. The summed E-state index contributed by atoms with van der Waals surface area (Å²) in [6.45, 7) is -0.452. The number of aromatic nitrogens is 4. The van der Waals surface area contributed by atoms with Crippen molar-refractivity contribution in [3.8, 4) is 22.8 Å². The lowest BCUT2D eigenvalue weighted by molar-refractivity contribution is -0.380. The summed E-state index contributed by atoms with van der Waals surface area (Å²) >= 11 is 0.699. The number of nitrogens with zero attached hydrogens (tertiary/aromatic N) is 5. The number of nitrogens with one attached hydrogen (secondary N) is 1. The van der Waals surface area contributed by atoms with Crippen LogP contribution in [0.1, 0.15) is 9.67 Å². The summed E-state index contributed by atoms with van der Waals surface area (Å²) in [5, 5.41) is 27.1. The second-order valence-corrected chi connectivity index (χ2v) is 8.79. The molecule has 0 saturated carbocycles. The number of carbonyl (C=O) groups excluding carboxylic acids is 1. The zero-order valence-corrected chi connectivity index (χ0v) is 20.0. The van der Waals surface area contributed by atoms with Crippen LogP contribution in [0.3, 0.4) is 0 Å². The molecule has 11 nitrogen and oxygen atoms in total. The molecule has 3 heterocycles. The number of amides is 1. The molecule has 1 amide bonds. The van der Waals surface area contributed by atoms with Crippen LogP contribution in [-0.4, -0.2) is 48.9 Å². The normalized spacial score (nSPS) is 11.0. The summed E-state index contributed by atoms with van der Waals surface area (Å²) in [6.07, 6.45) is 1.41. The van der Waals surface area contributed by atoms with Gasteiger partial charge < -0.3 is 15.2 Å². The molecule has 5 aromatic rings. The minimum absolute atomic E-state index is 0.0431. The topological polar surface area (TPSA) is 145 Å². The van der Waals surface area contributed by atoms with Gasteiger partial charge in [-0.1, -0.05) is 11.3 Å². The number of benzene rings is 2. The van der Waals surface area contributed by atoms with Crippen molar-refractivity contribution in [3.63, 3.8) is 0 Å². The van der Waals surface area contributed by atoms with E-state index in [1.807, 2.05) is 0 Å². The number of thiophene rings is 1. The summed E-state index contributed by atoms with van der Waals surface area (Å²) in [5.74, 6) is -1.77. The maximum atomic E-state index is 14.2. The number of anilines is 1. The molecule has 3 aromatic heterocycles. The van der Waals surface area contributed by atoms with Crippen LogP contribution in [0, 0.1) is 21.7 Å². The number of halogens is 2. The summed E-state index contributed by atoms with van der Waals surface area (Å²) < 4.78 is 34.4. The Morgan fingerprint density at radius 2 is 1.92 bits per heavy atom. The second-order valence-electron chi connectivity index (χ2n) is 7.73. The van der Waals surface area contributed by atoms with Crippen LogP contribution in [0.2, 0.25) is 0 Å². The first-order valence-electron chi connectivity index (χ1n) is 10.9. The number of ether oxygens (including phenoxy) is 1. The molecule has 0 atom stereocenters. The van der Waals surface area contributed by atoms with Crippen molar-refractivity contribution in [1.82, 2.24) is 19.7 Å². The van der Waals surface area contributed by atoms with Gasteiger partial charge >= 0.3 is 5.00 Å². The molecular weight excluding hydrogens is 522 g/mol. The van der Waals surface area contributed by atoms with Gasteiger partial charge in [-0.25, -0.2) is 23.4 Å². The van der Waals surface area contributed by atoms with E-state index in [4.69, 9.17) is 9.84 Å². The molecule has 0 bridgehead atoms. The molecule has 0 fully saturated rings. The number of hydrogen-bond acceptors (Lipinski definition) is 9. The molecule has 0 aliphatic heterocycles. The largest absolute Gasteiger partial charge is 0.488 e. The van der Waals surface area contributed by atoms with Gasteiger partial charge in [0.25, 0.3) is 5.91 Å². The summed E-state index contributed by atoms with van der Waals surface area (Å²) in [4.78, 5) is 32.4. The molecule has 2 aromatic carbocycles. The van der Waals surface area contributed by atoms with E-state index in [9.17, 15) is 23.7 Å². The lowest BCUT2D eigenvalue weighted by Crippen LogP contribution is -2.13. The van der Waals surface area contributed by atoms with Crippen molar-refractivity contribution in [3.05, 3.63) is 87.4 Å². The maximum Gasteiger partial charge on any atom is 0.324 e. The highest BCUT2D eigenvalue weighted by Crippen LogP contribution is 2.31. The molecule has 14 heteroatoms. The third-order valence-corrected chi connectivity index (χ3v) is 6.30. The first kappa shape index (κ1) is 24.9. The minimum Gasteiger partial charge on any atom is -0.488 e. The van der Waals surface area contributed by atoms with E-state index in [1.165, 1.54) is 59.4 Å². The SMILES string of the molecule is O=C(Nc1nc(-c2ccc(F)c(OCCO)c2)nc2c1cnn2-c1ccc(F)cc1)c1ccc([N+](=O)[O-])s1.